The number of benzene rings is 1. The van der Waals surface area contributed by atoms with Crippen molar-refractivity contribution in [2.45, 2.75) is 46.1 Å². The lowest BCUT2D eigenvalue weighted by Crippen LogP contribution is -2.39. The van der Waals surface area contributed by atoms with Crippen LogP contribution in [0.5, 0.6) is 0 Å². The van der Waals surface area contributed by atoms with Crippen molar-refractivity contribution in [2.24, 2.45) is 5.92 Å². The summed E-state index contributed by atoms with van der Waals surface area (Å²) < 4.78 is 1.16. The van der Waals surface area contributed by atoms with E-state index in [0.29, 0.717) is 0 Å². The molecule has 1 aromatic carbocycles. The molecule has 0 aromatic heterocycles. The molecule has 3 heteroatoms. The molecule has 0 saturated carbocycles. The molecule has 1 atom stereocenters. The summed E-state index contributed by atoms with van der Waals surface area (Å²) >= 11 is 5.55. The van der Waals surface area contributed by atoms with E-state index in [1.165, 1.54) is 29.9 Å². The fourth-order valence-electron chi connectivity index (χ4n) is 2.07. The standard InChI is InChI=1S/C17H28BrNS/c1-5-20-11-10-15(13-19-17(2,3)4)12-14-6-8-16(18)9-7-14/h6-9,15,19H,5,10-13H2,1-4H3. The SMILES string of the molecule is CCSCCC(CNC(C)(C)C)Cc1ccc(Br)cc1. The summed E-state index contributed by atoms with van der Waals surface area (Å²) in [4.78, 5) is 0. The van der Waals surface area contributed by atoms with Crippen molar-refractivity contribution in [1.29, 1.82) is 0 Å². The van der Waals surface area contributed by atoms with Gasteiger partial charge < -0.3 is 5.32 Å². The Bertz CT molecular complexity index is 370. The van der Waals surface area contributed by atoms with Crippen molar-refractivity contribution >= 4 is 27.7 Å². The Balaban J connectivity index is 2.54. The van der Waals surface area contributed by atoms with Crippen LogP contribution in [0.2, 0.25) is 0 Å². The molecule has 0 fully saturated rings. The molecule has 0 aliphatic heterocycles. The molecule has 0 heterocycles. The minimum atomic E-state index is 0.204. The van der Waals surface area contributed by atoms with Crippen molar-refractivity contribution in [3.63, 3.8) is 0 Å². The highest BCUT2D eigenvalue weighted by atomic mass is 79.9. The highest BCUT2D eigenvalue weighted by Gasteiger charge is 2.14. The second-order valence-electron chi connectivity index (χ2n) is 6.31. The molecule has 1 unspecified atom stereocenters. The molecule has 0 amide bonds. The molecule has 0 saturated heterocycles. The van der Waals surface area contributed by atoms with Crippen LogP contribution in [0.4, 0.5) is 0 Å². The smallest absolute Gasteiger partial charge is 0.0175 e. The van der Waals surface area contributed by atoms with Gasteiger partial charge in [-0.25, -0.2) is 0 Å². The van der Waals surface area contributed by atoms with E-state index >= 15 is 0 Å². The maximum atomic E-state index is 3.66. The van der Waals surface area contributed by atoms with Gasteiger partial charge >= 0.3 is 0 Å². The predicted octanol–water partition coefficient (Wildman–Crippen LogP) is 5.14. The fraction of sp³-hybridized carbons (Fsp3) is 0.647. The first-order valence-electron chi connectivity index (χ1n) is 7.48. The average molecular weight is 358 g/mol. The Labute approximate surface area is 137 Å². The molecule has 20 heavy (non-hydrogen) atoms. The maximum Gasteiger partial charge on any atom is 0.0175 e. The molecule has 0 aliphatic rings. The molecule has 1 nitrogen and oxygen atoms in total. The van der Waals surface area contributed by atoms with Gasteiger partial charge in [0.15, 0.2) is 0 Å². The number of hydrogen-bond donors (Lipinski definition) is 1. The van der Waals surface area contributed by atoms with Gasteiger partial charge in [-0.3, -0.25) is 0 Å². The number of thioether (sulfide) groups is 1. The van der Waals surface area contributed by atoms with Gasteiger partial charge in [-0.05, 0) is 75.3 Å². The van der Waals surface area contributed by atoms with Crippen molar-refractivity contribution in [1.82, 2.24) is 5.32 Å². The summed E-state index contributed by atoms with van der Waals surface area (Å²) in [5.41, 5.74) is 1.64. The van der Waals surface area contributed by atoms with Crippen molar-refractivity contribution in [3.05, 3.63) is 34.3 Å². The fourth-order valence-corrected chi connectivity index (χ4v) is 3.13. The molecule has 114 valence electrons. The lowest BCUT2D eigenvalue weighted by atomic mass is 9.95. The summed E-state index contributed by atoms with van der Waals surface area (Å²) in [5, 5.41) is 3.66. The van der Waals surface area contributed by atoms with Crippen LogP contribution in [0.15, 0.2) is 28.7 Å². The highest BCUT2D eigenvalue weighted by Crippen LogP contribution is 2.18. The summed E-state index contributed by atoms with van der Waals surface area (Å²) in [6, 6.07) is 8.76. The van der Waals surface area contributed by atoms with E-state index in [4.69, 9.17) is 0 Å². The molecular formula is C17H28BrNS. The predicted molar refractivity (Wildman–Crippen MR) is 96.7 cm³/mol. The zero-order chi connectivity index (χ0) is 15.0. The Morgan fingerprint density at radius 2 is 1.85 bits per heavy atom. The summed E-state index contributed by atoms with van der Waals surface area (Å²) in [6.07, 6.45) is 2.46. The van der Waals surface area contributed by atoms with E-state index in [2.05, 4.69) is 73.2 Å². The van der Waals surface area contributed by atoms with Crippen LogP contribution < -0.4 is 5.32 Å². The van der Waals surface area contributed by atoms with E-state index in [1.807, 2.05) is 11.8 Å². The largest absolute Gasteiger partial charge is 0.312 e. The first-order valence-corrected chi connectivity index (χ1v) is 9.42. The minimum absolute atomic E-state index is 0.204. The second-order valence-corrected chi connectivity index (χ2v) is 8.62. The summed E-state index contributed by atoms with van der Waals surface area (Å²) in [6.45, 7) is 10.1. The van der Waals surface area contributed by atoms with Crippen molar-refractivity contribution in [3.8, 4) is 0 Å². The Kier molecular flexibility index (Phi) is 8.23. The van der Waals surface area contributed by atoms with Gasteiger partial charge in [0.25, 0.3) is 0 Å². The van der Waals surface area contributed by atoms with Gasteiger partial charge in [0.05, 0.1) is 0 Å². The normalized spacial score (nSPS) is 13.4. The number of rotatable bonds is 8. The van der Waals surface area contributed by atoms with Crippen LogP contribution in [0.1, 0.15) is 39.7 Å². The third kappa shape index (κ3) is 8.33. The Hall–Kier alpha value is 0.01000. The zero-order valence-electron chi connectivity index (χ0n) is 13.2. The van der Waals surface area contributed by atoms with Gasteiger partial charge in [-0.15, -0.1) is 0 Å². The van der Waals surface area contributed by atoms with Crippen LogP contribution in [0.3, 0.4) is 0 Å². The summed E-state index contributed by atoms with van der Waals surface area (Å²) in [5.74, 6) is 3.20. The molecule has 0 aliphatic carbocycles. The third-order valence-corrected chi connectivity index (χ3v) is 4.69. The molecule has 0 bridgehead atoms. The third-order valence-electron chi connectivity index (χ3n) is 3.23. The van der Waals surface area contributed by atoms with Gasteiger partial charge in [0.2, 0.25) is 0 Å². The first kappa shape index (κ1) is 18.1. The van der Waals surface area contributed by atoms with Crippen molar-refractivity contribution in [2.75, 3.05) is 18.1 Å². The minimum Gasteiger partial charge on any atom is -0.312 e. The van der Waals surface area contributed by atoms with Gasteiger partial charge in [0, 0.05) is 10.0 Å². The molecule has 1 aromatic rings. The van der Waals surface area contributed by atoms with Gasteiger partial charge in [-0.2, -0.15) is 11.8 Å². The number of halogens is 1. The van der Waals surface area contributed by atoms with E-state index in [-0.39, 0.29) is 5.54 Å². The van der Waals surface area contributed by atoms with Crippen LogP contribution in [-0.2, 0) is 6.42 Å². The van der Waals surface area contributed by atoms with Crippen LogP contribution in [0, 0.1) is 5.92 Å². The Morgan fingerprint density at radius 3 is 2.40 bits per heavy atom. The lowest BCUT2D eigenvalue weighted by Gasteiger charge is -2.25. The quantitative estimate of drug-likeness (QED) is 0.646. The van der Waals surface area contributed by atoms with Crippen LogP contribution in [-0.4, -0.2) is 23.6 Å². The van der Waals surface area contributed by atoms with Crippen molar-refractivity contribution < 1.29 is 0 Å². The number of hydrogen-bond acceptors (Lipinski definition) is 2. The van der Waals surface area contributed by atoms with E-state index in [0.717, 1.165) is 16.9 Å². The molecule has 1 rings (SSSR count). The van der Waals surface area contributed by atoms with E-state index < -0.39 is 0 Å². The Morgan fingerprint density at radius 1 is 1.20 bits per heavy atom. The van der Waals surface area contributed by atoms with E-state index in [1.54, 1.807) is 0 Å². The first-order chi connectivity index (χ1) is 9.40. The molecule has 0 spiro atoms. The molecule has 0 radical (unpaired) electrons. The monoisotopic (exact) mass is 357 g/mol. The molecular weight excluding hydrogens is 330 g/mol. The lowest BCUT2D eigenvalue weighted by molar-refractivity contribution is 0.364. The van der Waals surface area contributed by atoms with E-state index in [9.17, 15) is 0 Å². The van der Waals surface area contributed by atoms with Gasteiger partial charge in [-0.1, -0.05) is 35.0 Å². The number of nitrogens with one attached hydrogen (secondary N) is 1. The topological polar surface area (TPSA) is 12.0 Å². The second kappa shape index (κ2) is 9.11. The molecule has 1 N–H and O–H groups in total. The van der Waals surface area contributed by atoms with Crippen LogP contribution >= 0.6 is 27.7 Å². The zero-order valence-corrected chi connectivity index (χ0v) is 15.6. The van der Waals surface area contributed by atoms with Crippen LogP contribution in [0.25, 0.3) is 0 Å². The maximum absolute atomic E-state index is 3.66. The highest BCUT2D eigenvalue weighted by molar-refractivity contribution is 9.10. The summed E-state index contributed by atoms with van der Waals surface area (Å²) in [7, 11) is 0. The average Bonchev–Trinajstić information content (AvgIpc) is 2.37. The van der Waals surface area contributed by atoms with Gasteiger partial charge in [0.1, 0.15) is 0 Å².